The summed E-state index contributed by atoms with van der Waals surface area (Å²) < 4.78 is 11.1. The number of nitrogens with zero attached hydrogens (tertiary/aromatic N) is 2. The van der Waals surface area contributed by atoms with Gasteiger partial charge in [-0.1, -0.05) is 41.4 Å². The second kappa shape index (κ2) is 9.74. The number of amides is 1. The minimum absolute atomic E-state index is 0.00624. The minimum Gasteiger partial charge on any atom is -0.460 e. The highest BCUT2D eigenvalue weighted by Crippen LogP contribution is 2.29. The van der Waals surface area contributed by atoms with Gasteiger partial charge in [0.1, 0.15) is 12.1 Å². The van der Waals surface area contributed by atoms with E-state index in [1.807, 2.05) is 24.3 Å². The number of nitrogens with one attached hydrogen (secondary N) is 1. The number of para-hydroxylation sites is 1. The van der Waals surface area contributed by atoms with Crippen molar-refractivity contribution in [2.45, 2.75) is 0 Å². The fourth-order valence-corrected chi connectivity index (χ4v) is 4.07. The van der Waals surface area contributed by atoms with Crippen molar-refractivity contribution in [3.8, 4) is 11.5 Å². The number of carbonyl (C=O) groups excluding carboxylic acids is 2. The van der Waals surface area contributed by atoms with Crippen molar-refractivity contribution in [3.63, 3.8) is 0 Å². The Hall–Kier alpha value is -3.94. The number of oxazole rings is 1. The van der Waals surface area contributed by atoms with Gasteiger partial charge < -0.3 is 14.5 Å². The second-order valence-corrected chi connectivity index (χ2v) is 8.54. The molecule has 9 heteroatoms. The van der Waals surface area contributed by atoms with E-state index < -0.39 is 5.97 Å². The maximum Gasteiger partial charge on any atom is 0.338 e. The van der Waals surface area contributed by atoms with Gasteiger partial charge in [-0.2, -0.15) is 0 Å². The van der Waals surface area contributed by atoms with E-state index in [4.69, 9.17) is 32.4 Å². The maximum atomic E-state index is 12.5. The molecule has 1 N–H and O–H groups in total. The summed E-state index contributed by atoms with van der Waals surface area (Å²) >= 11 is 12.1. The first-order valence-electron chi connectivity index (χ1n) is 10.6. The predicted octanol–water partition coefficient (Wildman–Crippen LogP) is 5.94. The van der Waals surface area contributed by atoms with Gasteiger partial charge in [0.15, 0.2) is 5.58 Å². The Morgan fingerprint density at radius 1 is 0.914 bits per heavy atom. The van der Waals surface area contributed by atoms with E-state index in [-0.39, 0.29) is 19.1 Å². The largest absolute Gasteiger partial charge is 0.460 e. The molecule has 5 aromatic rings. The van der Waals surface area contributed by atoms with E-state index >= 15 is 0 Å². The van der Waals surface area contributed by atoms with Crippen LogP contribution in [0.4, 0.5) is 0 Å². The zero-order valence-corrected chi connectivity index (χ0v) is 19.6. The summed E-state index contributed by atoms with van der Waals surface area (Å²) in [6.07, 6.45) is 1.52. The van der Waals surface area contributed by atoms with Crippen molar-refractivity contribution in [1.29, 1.82) is 0 Å². The van der Waals surface area contributed by atoms with Crippen LogP contribution in [0, 0.1) is 0 Å². The summed E-state index contributed by atoms with van der Waals surface area (Å²) in [4.78, 5) is 33.6. The highest BCUT2D eigenvalue weighted by atomic mass is 35.5. The molecule has 0 saturated carbocycles. The Morgan fingerprint density at radius 2 is 1.71 bits per heavy atom. The number of carbonyl (C=O) groups is 2. The molecule has 0 saturated heterocycles. The first-order valence-corrected chi connectivity index (χ1v) is 11.4. The molecule has 5 rings (SSSR count). The van der Waals surface area contributed by atoms with Gasteiger partial charge in [-0.3, -0.25) is 9.78 Å². The highest BCUT2D eigenvalue weighted by molar-refractivity contribution is 6.35. The minimum atomic E-state index is -0.544. The fraction of sp³-hybridized carbons (Fsp3) is 0.0769. The van der Waals surface area contributed by atoms with Gasteiger partial charge in [0.05, 0.1) is 23.2 Å². The van der Waals surface area contributed by atoms with E-state index in [1.165, 1.54) is 6.20 Å². The molecular formula is C26H17Cl2N3O4. The van der Waals surface area contributed by atoms with E-state index in [0.717, 1.165) is 10.9 Å². The highest BCUT2D eigenvalue weighted by Gasteiger charge is 2.14. The lowest BCUT2D eigenvalue weighted by atomic mass is 10.1. The van der Waals surface area contributed by atoms with Crippen LogP contribution >= 0.6 is 23.2 Å². The number of rotatable bonds is 6. The molecule has 2 heterocycles. The quantitative estimate of drug-likeness (QED) is 0.226. The molecule has 0 aliphatic heterocycles. The lowest BCUT2D eigenvalue weighted by Crippen LogP contribution is -2.28. The van der Waals surface area contributed by atoms with Gasteiger partial charge in [0.2, 0.25) is 5.89 Å². The topological polar surface area (TPSA) is 94.3 Å². The molecule has 0 unspecified atom stereocenters. The Bertz CT molecular complexity index is 1560. The lowest BCUT2D eigenvalue weighted by Gasteiger charge is -2.07. The molecule has 3 aromatic carbocycles. The SMILES string of the molecule is O=C(NCCOC(=O)c1ccc2nc(-c3cc(Cl)cc(Cl)c3)oc2c1)c1cnc2ccccc2c1. The maximum absolute atomic E-state index is 12.5. The number of benzene rings is 3. The smallest absolute Gasteiger partial charge is 0.338 e. The van der Waals surface area contributed by atoms with Crippen LogP contribution in [0.5, 0.6) is 0 Å². The van der Waals surface area contributed by atoms with Gasteiger partial charge in [-0.05, 0) is 48.5 Å². The molecule has 0 aliphatic rings. The number of esters is 1. The average molecular weight is 506 g/mol. The molecular weight excluding hydrogens is 489 g/mol. The summed E-state index contributed by atoms with van der Waals surface area (Å²) in [7, 11) is 0. The number of hydrogen-bond donors (Lipinski definition) is 1. The molecule has 2 aromatic heterocycles. The first kappa shape index (κ1) is 22.8. The number of ether oxygens (including phenoxy) is 1. The van der Waals surface area contributed by atoms with Crippen LogP contribution in [0.2, 0.25) is 10.0 Å². The third-order valence-electron chi connectivity index (χ3n) is 5.21. The van der Waals surface area contributed by atoms with Crippen molar-refractivity contribution >= 4 is 57.1 Å². The summed E-state index contributed by atoms with van der Waals surface area (Å²) in [5, 5.41) is 4.52. The summed E-state index contributed by atoms with van der Waals surface area (Å²) in [5.74, 6) is -0.505. The van der Waals surface area contributed by atoms with Crippen LogP contribution in [0.25, 0.3) is 33.5 Å². The van der Waals surface area contributed by atoms with Gasteiger partial charge in [0.25, 0.3) is 5.91 Å². The van der Waals surface area contributed by atoms with E-state index in [0.29, 0.717) is 43.7 Å². The van der Waals surface area contributed by atoms with Crippen molar-refractivity contribution in [2.75, 3.05) is 13.2 Å². The monoisotopic (exact) mass is 505 g/mol. The van der Waals surface area contributed by atoms with Crippen LogP contribution in [0.3, 0.4) is 0 Å². The van der Waals surface area contributed by atoms with Gasteiger partial charge >= 0.3 is 5.97 Å². The zero-order chi connectivity index (χ0) is 24.4. The standard InChI is InChI=1S/C26H17Cl2N3O4/c27-19-10-17(11-20(28)13-19)25-31-22-6-5-16(12-23(22)35-25)26(33)34-8-7-29-24(32)18-9-15-3-1-2-4-21(15)30-14-18/h1-6,9-14H,7-8H2,(H,29,32). The number of pyridine rings is 1. The van der Waals surface area contributed by atoms with Crippen LogP contribution in [0.1, 0.15) is 20.7 Å². The molecule has 0 aliphatic carbocycles. The van der Waals surface area contributed by atoms with E-state index in [9.17, 15) is 9.59 Å². The van der Waals surface area contributed by atoms with Gasteiger partial charge in [0, 0.05) is 27.2 Å². The predicted molar refractivity (Wildman–Crippen MR) is 134 cm³/mol. The molecule has 7 nitrogen and oxygen atoms in total. The van der Waals surface area contributed by atoms with Crippen LogP contribution in [-0.4, -0.2) is 35.0 Å². The van der Waals surface area contributed by atoms with Crippen LogP contribution in [0.15, 0.2) is 77.3 Å². The summed E-state index contributed by atoms with van der Waals surface area (Å²) in [6, 6.07) is 19.1. The molecule has 0 bridgehead atoms. The lowest BCUT2D eigenvalue weighted by molar-refractivity contribution is 0.0503. The molecule has 174 valence electrons. The van der Waals surface area contributed by atoms with E-state index in [2.05, 4.69) is 15.3 Å². The zero-order valence-electron chi connectivity index (χ0n) is 18.1. The first-order chi connectivity index (χ1) is 17.0. The molecule has 0 atom stereocenters. The van der Waals surface area contributed by atoms with Crippen molar-refractivity contribution in [1.82, 2.24) is 15.3 Å². The molecule has 0 radical (unpaired) electrons. The van der Waals surface area contributed by atoms with Crippen molar-refractivity contribution in [3.05, 3.63) is 94.1 Å². The molecule has 0 fully saturated rings. The number of halogens is 2. The van der Waals surface area contributed by atoms with Gasteiger partial charge in [-0.25, -0.2) is 9.78 Å². The number of fused-ring (bicyclic) bond motifs is 2. The van der Waals surface area contributed by atoms with Crippen molar-refractivity contribution < 1.29 is 18.7 Å². The summed E-state index contributed by atoms with van der Waals surface area (Å²) in [5.41, 5.74) is 3.16. The normalized spacial score (nSPS) is 11.0. The Kier molecular flexibility index (Phi) is 6.35. The van der Waals surface area contributed by atoms with E-state index in [1.54, 1.807) is 42.5 Å². The Labute approximate surface area is 209 Å². The van der Waals surface area contributed by atoms with Crippen molar-refractivity contribution in [2.24, 2.45) is 0 Å². The average Bonchev–Trinajstić information content (AvgIpc) is 3.29. The Morgan fingerprint density at radius 3 is 2.54 bits per heavy atom. The Balaban J connectivity index is 1.19. The number of aromatic nitrogens is 2. The van der Waals surface area contributed by atoms with Crippen LogP contribution < -0.4 is 5.32 Å². The second-order valence-electron chi connectivity index (χ2n) is 7.67. The molecule has 1 amide bonds. The third kappa shape index (κ3) is 5.11. The number of hydrogen-bond acceptors (Lipinski definition) is 6. The third-order valence-corrected chi connectivity index (χ3v) is 5.64. The fourth-order valence-electron chi connectivity index (χ4n) is 3.54. The molecule has 35 heavy (non-hydrogen) atoms. The van der Waals surface area contributed by atoms with Gasteiger partial charge in [-0.15, -0.1) is 0 Å². The summed E-state index contributed by atoms with van der Waals surface area (Å²) in [6.45, 7) is 0.161. The van der Waals surface area contributed by atoms with Crippen LogP contribution in [-0.2, 0) is 4.74 Å². The molecule has 0 spiro atoms.